The number of aliphatic hydroxyl groups is 1. The van der Waals surface area contributed by atoms with Crippen LogP contribution in [-0.4, -0.2) is 50.3 Å². The summed E-state index contributed by atoms with van der Waals surface area (Å²) in [7, 11) is 0. The first kappa shape index (κ1) is 19.0. The number of fused-ring (bicyclic) bond motifs is 2. The average Bonchev–Trinajstić information content (AvgIpc) is 3.20. The molecule has 2 aromatic carbocycles. The molecule has 4 aliphatic heterocycles. The van der Waals surface area contributed by atoms with E-state index in [2.05, 4.69) is 0 Å². The normalized spacial score (nSPS) is 32.5. The Morgan fingerprint density at radius 1 is 1.03 bits per heavy atom. The summed E-state index contributed by atoms with van der Waals surface area (Å²) in [5.41, 5.74) is -1.71. The Labute approximate surface area is 175 Å². The Hall–Kier alpha value is -2.99. The first-order chi connectivity index (χ1) is 14.4. The molecule has 30 heavy (non-hydrogen) atoms. The van der Waals surface area contributed by atoms with Crippen molar-refractivity contribution in [2.24, 2.45) is 5.92 Å². The van der Waals surface area contributed by atoms with Gasteiger partial charge in [0.15, 0.2) is 0 Å². The summed E-state index contributed by atoms with van der Waals surface area (Å²) in [4.78, 5) is 43.3. The fourth-order valence-electron chi connectivity index (χ4n) is 5.92. The maximum atomic E-state index is 14.0. The number of benzene rings is 2. The van der Waals surface area contributed by atoms with Crippen molar-refractivity contribution in [2.75, 3.05) is 6.54 Å². The number of Topliss-reactive ketones (excluding diaryl/α,β-unsaturated/α-hetero) is 1. The number of piperazine rings is 1. The quantitative estimate of drug-likeness (QED) is 0.846. The highest BCUT2D eigenvalue weighted by atomic mass is 16.3. The summed E-state index contributed by atoms with van der Waals surface area (Å²) in [5, 5.41) is 11.9. The van der Waals surface area contributed by atoms with Crippen LogP contribution in [0.2, 0.25) is 0 Å². The zero-order chi connectivity index (χ0) is 21.1. The van der Waals surface area contributed by atoms with Crippen LogP contribution in [0.25, 0.3) is 0 Å². The van der Waals surface area contributed by atoms with Crippen LogP contribution in [0.5, 0.6) is 0 Å². The van der Waals surface area contributed by atoms with E-state index in [9.17, 15) is 19.5 Å². The van der Waals surface area contributed by atoms with Gasteiger partial charge in [-0.2, -0.15) is 0 Å². The molecule has 6 rings (SSSR count). The lowest BCUT2D eigenvalue weighted by Crippen LogP contribution is -2.85. The van der Waals surface area contributed by atoms with Gasteiger partial charge in [-0.1, -0.05) is 60.7 Å². The second-order valence-corrected chi connectivity index (χ2v) is 8.56. The first-order valence-corrected chi connectivity index (χ1v) is 10.4. The highest BCUT2D eigenvalue weighted by Gasteiger charge is 2.77. The summed E-state index contributed by atoms with van der Waals surface area (Å²) >= 11 is 0. The smallest absolute Gasteiger partial charge is 0.277 e. The fourth-order valence-corrected chi connectivity index (χ4v) is 5.92. The van der Waals surface area contributed by atoms with Crippen molar-refractivity contribution in [1.82, 2.24) is 9.80 Å². The minimum absolute atomic E-state index is 0.0861. The number of hydrogen-bond acceptors (Lipinski definition) is 4. The number of amides is 2. The van der Waals surface area contributed by atoms with Crippen LogP contribution in [0, 0.1) is 5.92 Å². The second kappa shape index (κ2) is 6.51. The number of carbonyl (C=O) groups is 3. The van der Waals surface area contributed by atoms with Gasteiger partial charge in [-0.05, 0) is 30.9 Å². The van der Waals surface area contributed by atoms with Gasteiger partial charge in [0.25, 0.3) is 11.8 Å². The predicted molar refractivity (Wildman–Crippen MR) is 109 cm³/mol. The van der Waals surface area contributed by atoms with Crippen LogP contribution in [0.15, 0.2) is 60.7 Å². The molecule has 0 saturated carbocycles. The number of piperidine rings is 2. The van der Waals surface area contributed by atoms with E-state index < -0.39 is 29.0 Å². The van der Waals surface area contributed by atoms with E-state index in [1.165, 1.54) is 11.8 Å². The fraction of sp³-hybridized carbons (Fsp3) is 0.375. The minimum Gasteiger partial charge on any atom is -0.362 e. The third-order valence-electron chi connectivity index (χ3n) is 7.07. The molecule has 4 heterocycles. The summed E-state index contributed by atoms with van der Waals surface area (Å²) in [6.07, 6.45) is 1.16. The zero-order valence-electron chi connectivity index (χ0n) is 16.8. The van der Waals surface area contributed by atoms with Crippen molar-refractivity contribution in [1.29, 1.82) is 0 Å². The van der Waals surface area contributed by atoms with Gasteiger partial charge in [-0.3, -0.25) is 19.3 Å². The van der Waals surface area contributed by atoms with Crippen molar-refractivity contribution in [2.45, 2.75) is 43.5 Å². The molecular weight excluding hydrogens is 380 g/mol. The third-order valence-corrected chi connectivity index (χ3v) is 7.07. The van der Waals surface area contributed by atoms with Crippen molar-refractivity contribution >= 4 is 17.6 Å². The van der Waals surface area contributed by atoms with Gasteiger partial charge in [-0.15, -0.1) is 0 Å². The summed E-state index contributed by atoms with van der Waals surface area (Å²) in [6.45, 7) is 1.91. The Kier molecular flexibility index (Phi) is 4.12. The van der Waals surface area contributed by atoms with E-state index >= 15 is 0 Å². The maximum Gasteiger partial charge on any atom is 0.277 e. The molecule has 4 fully saturated rings. The van der Waals surface area contributed by atoms with Gasteiger partial charge in [-0.25, -0.2) is 0 Å². The summed E-state index contributed by atoms with van der Waals surface area (Å²) < 4.78 is 0. The molecule has 0 aromatic heterocycles. The van der Waals surface area contributed by atoms with Crippen LogP contribution >= 0.6 is 0 Å². The van der Waals surface area contributed by atoms with Gasteiger partial charge < -0.3 is 10.0 Å². The van der Waals surface area contributed by atoms with Crippen LogP contribution in [0.1, 0.15) is 36.8 Å². The predicted octanol–water partition coefficient (Wildman–Crippen LogP) is 2.08. The molecule has 0 radical (unpaired) electrons. The zero-order valence-corrected chi connectivity index (χ0v) is 16.8. The number of carbonyl (C=O) groups excluding carboxylic acids is 3. The lowest BCUT2D eigenvalue weighted by atomic mass is 9.58. The molecule has 154 valence electrons. The van der Waals surface area contributed by atoms with Gasteiger partial charge in [0.2, 0.25) is 5.72 Å². The van der Waals surface area contributed by atoms with Crippen molar-refractivity contribution in [3.05, 3.63) is 71.8 Å². The number of nitrogens with zero attached hydrogens (tertiary/aromatic N) is 2. The molecule has 6 heteroatoms. The van der Waals surface area contributed by atoms with E-state index in [0.717, 1.165) is 11.1 Å². The Bertz CT molecular complexity index is 1020. The highest BCUT2D eigenvalue weighted by molar-refractivity contribution is 6.08. The van der Waals surface area contributed by atoms with E-state index in [0.29, 0.717) is 19.4 Å². The molecule has 6 nitrogen and oxygen atoms in total. The van der Waals surface area contributed by atoms with E-state index in [4.69, 9.17) is 0 Å². The van der Waals surface area contributed by atoms with Gasteiger partial charge >= 0.3 is 0 Å². The second-order valence-electron chi connectivity index (χ2n) is 8.56. The molecule has 1 N–H and O–H groups in total. The third kappa shape index (κ3) is 2.25. The van der Waals surface area contributed by atoms with Crippen LogP contribution in [0.3, 0.4) is 0 Å². The number of ketones is 1. The molecule has 0 unspecified atom stereocenters. The molecule has 2 amide bonds. The average molecular weight is 404 g/mol. The molecular formula is C24H24N2O4. The van der Waals surface area contributed by atoms with Crippen molar-refractivity contribution < 1.29 is 19.5 Å². The number of rotatable bonds is 4. The lowest BCUT2D eigenvalue weighted by Gasteiger charge is -2.64. The van der Waals surface area contributed by atoms with Gasteiger partial charge in [0.05, 0.1) is 5.92 Å². The van der Waals surface area contributed by atoms with Crippen molar-refractivity contribution in [3.63, 3.8) is 0 Å². The van der Waals surface area contributed by atoms with Gasteiger partial charge in [0.1, 0.15) is 11.3 Å². The van der Waals surface area contributed by atoms with E-state index in [-0.39, 0.29) is 18.2 Å². The Balaban J connectivity index is 1.73. The van der Waals surface area contributed by atoms with Crippen LogP contribution in [-0.2, 0) is 20.9 Å². The monoisotopic (exact) mass is 404 g/mol. The maximum absolute atomic E-state index is 14.0. The Morgan fingerprint density at radius 3 is 2.30 bits per heavy atom. The lowest BCUT2D eigenvalue weighted by molar-refractivity contribution is -0.243. The summed E-state index contributed by atoms with van der Waals surface area (Å²) in [5.74, 6) is -2.65. The highest BCUT2D eigenvalue weighted by Crippen LogP contribution is 2.59. The molecule has 2 aromatic rings. The molecule has 4 aliphatic rings. The van der Waals surface area contributed by atoms with Crippen LogP contribution < -0.4 is 0 Å². The standard InChI is InChI=1S/C24H24N2O4/c1-16(27)19-20(18-11-6-3-7-12-18)23-13-8-14-25(23)22(29)24(19,30)26(21(23)28)15-17-9-4-2-5-10-17/h2-7,9-12,19-20,30H,8,13-15H2,1H3/t19-,20+,23+,24-/m1/s1. The van der Waals surface area contributed by atoms with Gasteiger partial charge in [0, 0.05) is 19.0 Å². The minimum atomic E-state index is -2.19. The molecule has 1 spiro atoms. The van der Waals surface area contributed by atoms with E-state index in [1.54, 1.807) is 4.90 Å². The molecule has 2 bridgehead atoms. The largest absolute Gasteiger partial charge is 0.362 e. The Morgan fingerprint density at radius 2 is 1.67 bits per heavy atom. The molecule has 4 atom stereocenters. The van der Waals surface area contributed by atoms with Crippen molar-refractivity contribution in [3.8, 4) is 0 Å². The van der Waals surface area contributed by atoms with E-state index in [1.807, 2.05) is 60.7 Å². The topological polar surface area (TPSA) is 77.9 Å². The van der Waals surface area contributed by atoms with Crippen LogP contribution in [0.4, 0.5) is 0 Å². The molecule has 0 aliphatic carbocycles. The SMILES string of the molecule is CC(=O)[C@@H]1[C@H](c2ccccc2)[C@]23CCCN2C(=O)[C@@]1(O)N(Cc1ccccc1)C3=O. The summed E-state index contributed by atoms with van der Waals surface area (Å²) in [6, 6.07) is 18.6. The molecule has 4 saturated heterocycles. The first-order valence-electron chi connectivity index (χ1n) is 10.4. The number of hydrogen-bond donors (Lipinski definition) is 1.